The fraction of sp³-hybridized carbons (Fsp3) is 0.444. The van der Waals surface area contributed by atoms with Crippen LogP contribution >= 0.6 is 12.6 Å². The zero-order valence-corrected chi connectivity index (χ0v) is 8.60. The van der Waals surface area contributed by atoms with Gasteiger partial charge in [-0.1, -0.05) is 0 Å². The molecule has 0 spiro atoms. The van der Waals surface area contributed by atoms with Crippen molar-refractivity contribution in [2.45, 2.75) is 25.6 Å². The number of hydrogen-bond acceptors (Lipinski definition) is 3. The molecule has 3 nitrogen and oxygen atoms in total. The Hall–Kier alpha value is -0.900. The SMILES string of the molecule is Cc1ccoc1CNC(=O)C(C)S. The van der Waals surface area contributed by atoms with Gasteiger partial charge in [0.15, 0.2) is 0 Å². The van der Waals surface area contributed by atoms with E-state index in [0.717, 1.165) is 11.3 Å². The van der Waals surface area contributed by atoms with Crippen molar-refractivity contribution in [3.63, 3.8) is 0 Å². The second kappa shape index (κ2) is 4.37. The average molecular weight is 199 g/mol. The van der Waals surface area contributed by atoms with E-state index in [1.54, 1.807) is 13.2 Å². The van der Waals surface area contributed by atoms with Gasteiger partial charge in [-0.25, -0.2) is 0 Å². The van der Waals surface area contributed by atoms with Crippen LogP contribution in [0.2, 0.25) is 0 Å². The number of carbonyl (C=O) groups is 1. The van der Waals surface area contributed by atoms with Crippen molar-refractivity contribution in [3.05, 3.63) is 23.7 Å². The quantitative estimate of drug-likeness (QED) is 0.725. The summed E-state index contributed by atoms with van der Waals surface area (Å²) >= 11 is 4.01. The molecule has 1 N–H and O–H groups in total. The Balaban J connectivity index is 2.44. The van der Waals surface area contributed by atoms with Crippen molar-refractivity contribution in [1.82, 2.24) is 5.32 Å². The number of nitrogens with one attached hydrogen (secondary N) is 1. The van der Waals surface area contributed by atoms with Crippen LogP contribution in [0, 0.1) is 6.92 Å². The highest BCUT2D eigenvalue weighted by Crippen LogP contribution is 2.07. The minimum Gasteiger partial charge on any atom is -0.467 e. The van der Waals surface area contributed by atoms with Crippen molar-refractivity contribution in [2.24, 2.45) is 0 Å². The summed E-state index contributed by atoms with van der Waals surface area (Å²) in [6.07, 6.45) is 1.61. The summed E-state index contributed by atoms with van der Waals surface area (Å²) in [4.78, 5) is 11.1. The number of amides is 1. The van der Waals surface area contributed by atoms with Gasteiger partial charge < -0.3 is 9.73 Å². The van der Waals surface area contributed by atoms with Gasteiger partial charge in [-0.2, -0.15) is 12.6 Å². The number of thiol groups is 1. The number of aryl methyl sites for hydroxylation is 1. The molecule has 0 saturated carbocycles. The third kappa shape index (κ3) is 2.81. The van der Waals surface area contributed by atoms with Crippen LogP contribution in [0.15, 0.2) is 16.7 Å². The fourth-order valence-electron chi connectivity index (χ4n) is 0.900. The van der Waals surface area contributed by atoms with Crippen LogP contribution in [-0.4, -0.2) is 11.2 Å². The number of hydrogen-bond donors (Lipinski definition) is 2. The highest BCUT2D eigenvalue weighted by atomic mass is 32.1. The number of carbonyl (C=O) groups excluding carboxylic acids is 1. The molecule has 0 aliphatic rings. The third-order valence-electron chi connectivity index (χ3n) is 1.77. The Morgan fingerprint density at radius 1 is 1.77 bits per heavy atom. The maximum Gasteiger partial charge on any atom is 0.232 e. The lowest BCUT2D eigenvalue weighted by molar-refractivity contribution is -0.120. The van der Waals surface area contributed by atoms with Crippen LogP contribution in [-0.2, 0) is 11.3 Å². The predicted octanol–water partition coefficient (Wildman–Crippen LogP) is 1.52. The van der Waals surface area contributed by atoms with Crippen molar-refractivity contribution < 1.29 is 9.21 Å². The minimum absolute atomic E-state index is 0.0841. The molecule has 1 aromatic rings. The molecule has 72 valence electrons. The van der Waals surface area contributed by atoms with Gasteiger partial charge in [-0.15, -0.1) is 0 Å². The Kier molecular flexibility index (Phi) is 3.42. The zero-order chi connectivity index (χ0) is 9.84. The topological polar surface area (TPSA) is 42.2 Å². The fourth-order valence-corrected chi connectivity index (χ4v) is 0.992. The predicted molar refractivity (Wildman–Crippen MR) is 53.7 cm³/mol. The highest BCUT2D eigenvalue weighted by molar-refractivity contribution is 7.81. The molecule has 1 unspecified atom stereocenters. The van der Waals surface area contributed by atoms with E-state index < -0.39 is 0 Å². The van der Waals surface area contributed by atoms with Crippen LogP contribution < -0.4 is 5.32 Å². The molecule has 0 radical (unpaired) electrons. The van der Waals surface area contributed by atoms with E-state index in [1.165, 1.54) is 0 Å². The summed E-state index contributed by atoms with van der Waals surface area (Å²) in [6.45, 7) is 4.10. The van der Waals surface area contributed by atoms with Crippen molar-refractivity contribution in [2.75, 3.05) is 0 Å². The summed E-state index contributed by atoms with van der Waals surface area (Å²) in [6, 6.07) is 1.87. The molecule has 13 heavy (non-hydrogen) atoms. The normalized spacial score (nSPS) is 12.5. The smallest absolute Gasteiger partial charge is 0.232 e. The Labute approximate surface area is 82.9 Å². The molecular weight excluding hydrogens is 186 g/mol. The summed E-state index contributed by atoms with van der Waals surface area (Å²) in [5.41, 5.74) is 1.05. The maximum atomic E-state index is 11.1. The van der Waals surface area contributed by atoms with Crippen LogP contribution in [0.25, 0.3) is 0 Å². The van der Waals surface area contributed by atoms with E-state index in [1.807, 2.05) is 13.0 Å². The first-order chi connectivity index (χ1) is 6.11. The average Bonchev–Trinajstić information content (AvgIpc) is 2.47. The molecule has 1 aromatic heterocycles. The summed E-state index contributed by atoms with van der Waals surface area (Å²) in [5.74, 6) is 0.710. The lowest BCUT2D eigenvalue weighted by Crippen LogP contribution is -2.29. The summed E-state index contributed by atoms with van der Waals surface area (Å²) < 4.78 is 5.15. The minimum atomic E-state index is -0.282. The van der Waals surface area contributed by atoms with Crippen LogP contribution in [0.3, 0.4) is 0 Å². The third-order valence-corrected chi connectivity index (χ3v) is 2.01. The molecule has 0 aliphatic heterocycles. The van der Waals surface area contributed by atoms with Gasteiger partial charge in [0.2, 0.25) is 5.91 Å². The van der Waals surface area contributed by atoms with E-state index in [2.05, 4.69) is 17.9 Å². The first kappa shape index (κ1) is 10.2. The van der Waals surface area contributed by atoms with Gasteiger partial charge in [0.25, 0.3) is 0 Å². The van der Waals surface area contributed by atoms with E-state index >= 15 is 0 Å². The van der Waals surface area contributed by atoms with Gasteiger partial charge in [0.05, 0.1) is 18.1 Å². The monoisotopic (exact) mass is 199 g/mol. The van der Waals surface area contributed by atoms with Crippen molar-refractivity contribution in [3.8, 4) is 0 Å². The molecule has 1 atom stereocenters. The molecule has 0 fully saturated rings. The standard InChI is InChI=1S/C9H13NO2S/c1-6-3-4-12-8(6)5-10-9(11)7(2)13/h3-4,7,13H,5H2,1-2H3,(H,10,11). The van der Waals surface area contributed by atoms with Crippen LogP contribution in [0.4, 0.5) is 0 Å². The van der Waals surface area contributed by atoms with Gasteiger partial charge >= 0.3 is 0 Å². The molecule has 0 aromatic carbocycles. The van der Waals surface area contributed by atoms with E-state index in [9.17, 15) is 4.79 Å². The van der Waals surface area contributed by atoms with Crippen LogP contribution in [0.1, 0.15) is 18.2 Å². The molecule has 4 heteroatoms. The molecule has 1 heterocycles. The maximum absolute atomic E-state index is 11.1. The molecule has 0 aliphatic carbocycles. The van der Waals surface area contributed by atoms with Gasteiger partial charge in [-0.05, 0) is 25.5 Å². The van der Waals surface area contributed by atoms with Gasteiger partial charge in [0, 0.05) is 0 Å². The van der Waals surface area contributed by atoms with Gasteiger partial charge in [0.1, 0.15) is 5.76 Å². The Morgan fingerprint density at radius 3 is 2.92 bits per heavy atom. The molecule has 1 rings (SSSR count). The molecular formula is C9H13NO2S. The largest absolute Gasteiger partial charge is 0.467 e. The second-order valence-electron chi connectivity index (χ2n) is 2.92. The Bertz CT molecular complexity index is 294. The highest BCUT2D eigenvalue weighted by Gasteiger charge is 2.08. The first-order valence-electron chi connectivity index (χ1n) is 4.10. The Morgan fingerprint density at radius 2 is 2.46 bits per heavy atom. The lowest BCUT2D eigenvalue weighted by atomic mass is 10.3. The van der Waals surface area contributed by atoms with E-state index in [0.29, 0.717) is 6.54 Å². The summed E-state index contributed by atoms with van der Waals surface area (Å²) in [7, 11) is 0. The number of furan rings is 1. The number of rotatable bonds is 3. The van der Waals surface area contributed by atoms with Crippen LogP contribution in [0.5, 0.6) is 0 Å². The van der Waals surface area contributed by atoms with Gasteiger partial charge in [-0.3, -0.25) is 4.79 Å². The molecule has 0 saturated heterocycles. The van der Waals surface area contributed by atoms with E-state index in [4.69, 9.17) is 4.42 Å². The van der Waals surface area contributed by atoms with Crippen molar-refractivity contribution in [1.29, 1.82) is 0 Å². The zero-order valence-electron chi connectivity index (χ0n) is 7.70. The first-order valence-corrected chi connectivity index (χ1v) is 4.61. The molecule has 0 bridgehead atoms. The molecule has 1 amide bonds. The lowest BCUT2D eigenvalue weighted by Gasteiger charge is -2.05. The van der Waals surface area contributed by atoms with Crippen molar-refractivity contribution >= 4 is 18.5 Å². The van der Waals surface area contributed by atoms with E-state index in [-0.39, 0.29) is 11.2 Å². The summed E-state index contributed by atoms with van der Waals surface area (Å²) in [5, 5.41) is 2.43. The second-order valence-corrected chi connectivity index (χ2v) is 3.70.